The molecule has 2 rings (SSSR count). The van der Waals surface area contributed by atoms with E-state index in [4.69, 9.17) is 10.5 Å². The number of nitrogens with two attached hydrogens (primary N) is 1. The maximum Gasteiger partial charge on any atom is 0.409 e. The number of carbonyl (C=O) groups is 2. The van der Waals surface area contributed by atoms with Gasteiger partial charge in [0.25, 0.3) is 5.91 Å². The van der Waals surface area contributed by atoms with Gasteiger partial charge in [0.2, 0.25) is 0 Å². The monoisotopic (exact) mass is 262 g/mol. The van der Waals surface area contributed by atoms with E-state index in [9.17, 15) is 9.59 Å². The Morgan fingerprint density at radius 2 is 1.74 bits per heavy atom. The molecule has 0 aromatic heterocycles. The highest BCUT2D eigenvalue weighted by molar-refractivity contribution is 5.94. The Bertz CT molecular complexity index is 450. The second kappa shape index (κ2) is 6.22. The van der Waals surface area contributed by atoms with Crippen molar-refractivity contribution in [2.45, 2.75) is 38.1 Å². The van der Waals surface area contributed by atoms with Gasteiger partial charge in [0.05, 0.1) is 0 Å². The van der Waals surface area contributed by atoms with Crippen molar-refractivity contribution in [1.29, 1.82) is 0 Å². The minimum Gasteiger partial charge on any atom is -0.411 e. The summed E-state index contributed by atoms with van der Waals surface area (Å²) < 4.78 is 4.71. The molecule has 0 atom stereocenters. The van der Waals surface area contributed by atoms with Crippen molar-refractivity contribution in [1.82, 2.24) is 5.32 Å². The van der Waals surface area contributed by atoms with E-state index in [-0.39, 0.29) is 11.9 Å². The average Bonchev–Trinajstić information content (AvgIpc) is 2.40. The van der Waals surface area contributed by atoms with Gasteiger partial charge in [-0.3, -0.25) is 4.79 Å². The molecule has 0 unspecified atom stereocenters. The lowest BCUT2D eigenvalue weighted by Crippen LogP contribution is -2.36. The summed E-state index contributed by atoms with van der Waals surface area (Å²) in [6, 6.07) is 6.64. The topological polar surface area (TPSA) is 81.4 Å². The van der Waals surface area contributed by atoms with Crippen LogP contribution in [0.4, 0.5) is 4.79 Å². The Morgan fingerprint density at radius 1 is 1.11 bits per heavy atom. The number of amides is 2. The first-order valence-corrected chi connectivity index (χ1v) is 6.53. The normalized spacial score (nSPS) is 15.8. The molecule has 1 saturated carbocycles. The van der Waals surface area contributed by atoms with Gasteiger partial charge in [-0.15, -0.1) is 0 Å². The summed E-state index contributed by atoms with van der Waals surface area (Å²) in [5, 5.41) is 3.02. The molecule has 1 aromatic rings. The van der Waals surface area contributed by atoms with Gasteiger partial charge in [-0.2, -0.15) is 0 Å². The number of rotatable bonds is 3. The molecule has 1 aliphatic rings. The van der Waals surface area contributed by atoms with Crippen molar-refractivity contribution in [3.8, 4) is 5.75 Å². The number of hydrogen-bond donors (Lipinski definition) is 2. The highest BCUT2D eigenvalue weighted by Crippen LogP contribution is 2.18. The number of carbonyl (C=O) groups excluding carboxylic acids is 2. The Labute approximate surface area is 112 Å². The molecule has 2 amide bonds. The van der Waals surface area contributed by atoms with E-state index >= 15 is 0 Å². The fraction of sp³-hybridized carbons (Fsp3) is 0.429. The lowest BCUT2D eigenvalue weighted by atomic mass is 9.95. The van der Waals surface area contributed by atoms with E-state index in [1.807, 2.05) is 0 Å². The van der Waals surface area contributed by atoms with Gasteiger partial charge >= 0.3 is 6.09 Å². The molecule has 0 saturated heterocycles. The minimum atomic E-state index is -0.862. The SMILES string of the molecule is NC(=O)Oc1ccc(C(=O)NC2CCCCC2)cc1. The molecule has 0 bridgehead atoms. The van der Waals surface area contributed by atoms with Crippen LogP contribution in [0.2, 0.25) is 0 Å². The van der Waals surface area contributed by atoms with Crippen LogP contribution in [-0.2, 0) is 0 Å². The fourth-order valence-corrected chi connectivity index (χ4v) is 2.31. The van der Waals surface area contributed by atoms with Gasteiger partial charge in [0.1, 0.15) is 5.75 Å². The molecule has 1 aliphatic carbocycles. The van der Waals surface area contributed by atoms with Crippen molar-refractivity contribution >= 4 is 12.0 Å². The zero-order valence-electron chi connectivity index (χ0n) is 10.7. The molecule has 0 heterocycles. The zero-order chi connectivity index (χ0) is 13.7. The van der Waals surface area contributed by atoms with Crippen LogP contribution in [0.25, 0.3) is 0 Å². The number of ether oxygens (including phenoxy) is 1. The zero-order valence-corrected chi connectivity index (χ0v) is 10.7. The first-order chi connectivity index (χ1) is 9.15. The summed E-state index contributed by atoms with van der Waals surface area (Å²) >= 11 is 0. The summed E-state index contributed by atoms with van der Waals surface area (Å²) in [7, 11) is 0. The van der Waals surface area contributed by atoms with Crippen LogP contribution in [0.5, 0.6) is 5.75 Å². The second-order valence-electron chi connectivity index (χ2n) is 4.75. The molecule has 0 aliphatic heterocycles. The second-order valence-corrected chi connectivity index (χ2v) is 4.75. The van der Waals surface area contributed by atoms with E-state index < -0.39 is 6.09 Å². The van der Waals surface area contributed by atoms with Gasteiger partial charge in [0.15, 0.2) is 0 Å². The summed E-state index contributed by atoms with van der Waals surface area (Å²) in [5.41, 5.74) is 5.46. The molecule has 1 fully saturated rings. The Morgan fingerprint density at radius 3 is 2.32 bits per heavy atom. The highest BCUT2D eigenvalue weighted by atomic mass is 16.5. The van der Waals surface area contributed by atoms with Crippen LogP contribution in [0.1, 0.15) is 42.5 Å². The van der Waals surface area contributed by atoms with E-state index in [0.717, 1.165) is 12.8 Å². The molecular formula is C14H18N2O3. The molecule has 19 heavy (non-hydrogen) atoms. The molecule has 5 heteroatoms. The third kappa shape index (κ3) is 3.98. The number of primary amides is 1. The third-order valence-corrected chi connectivity index (χ3v) is 3.28. The smallest absolute Gasteiger partial charge is 0.409 e. The lowest BCUT2D eigenvalue weighted by Gasteiger charge is -2.22. The molecule has 0 radical (unpaired) electrons. The van der Waals surface area contributed by atoms with Gasteiger partial charge < -0.3 is 15.8 Å². The van der Waals surface area contributed by atoms with Crippen LogP contribution < -0.4 is 15.8 Å². The fourth-order valence-electron chi connectivity index (χ4n) is 2.31. The van der Waals surface area contributed by atoms with Crippen LogP contribution in [0.15, 0.2) is 24.3 Å². The lowest BCUT2D eigenvalue weighted by molar-refractivity contribution is 0.0927. The summed E-state index contributed by atoms with van der Waals surface area (Å²) in [4.78, 5) is 22.6. The van der Waals surface area contributed by atoms with Crippen molar-refractivity contribution in [3.63, 3.8) is 0 Å². The highest BCUT2D eigenvalue weighted by Gasteiger charge is 2.16. The number of hydrogen-bond acceptors (Lipinski definition) is 3. The van der Waals surface area contributed by atoms with Crippen molar-refractivity contribution < 1.29 is 14.3 Å². The van der Waals surface area contributed by atoms with E-state index in [2.05, 4.69) is 5.32 Å². The van der Waals surface area contributed by atoms with Crippen LogP contribution in [0, 0.1) is 0 Å². The Hall–Kier alpha value is -2.04. The van der Waals surface area contributed by atoms with Gasteiger partial charge in [-0.25, -0.2) is 4.79 Å². The van der Waals surface area contributed by atoms with Crippen molar-refractivity contribution in [2.75, 3.05) is 0 Å². The molecule has 3 N–H and O–H groups in total. The van der Waals surface area contributed by atoms with Crippen LogP contribution in [-0.4, -0.2) is 18.0 Å². The van der Waals surface area contributed by atoms with Gasteiger partial charge in [-0.1, -0.05) is 19.3 Å². The molecule has 102 valence electrons. The largest absolute Gasteiger partial charge is 0.411 e. The van der Waals surface area contributed by atoms with Gasteiger partial charge in [-0.05, 0) is 37.1 Å². The molecule has 0 spiro atoms. The minimum absolute atomic E-state index is 0.0856. The van der Waals surface area contributed by atoms with Crippen molar-refractivity contribution in [3.05, 3.63) is 29.8 Å². The maximum absolute atomic E-state index is 12.0. The molecule has 5 nitrogen and oxygen atoms in total. The van der Waals surface area contributed by atoms with Crippen LogP contribution >= 0.6 is 0 Å². The maximum atomic E-state index is 12.0. The number of benzene rings is 1. The Balaban J connectivity index is 1.93. The van der Waals surface area contributed by atoms with E-state index in [1.54, 1.807) is 24.3 Å². The third-order valence-electron chi connectivity index (χ3n) is 3.28. The number of nitrogens with one attached hydrogen (secondary N) is 1. The average molecular weight is 262 g/mol. The predicted molar refractivity (Wildman–Crippen MR) is 71.0 cm³/mol. The van der Waals surface area contributed by atoms with E-state index in [1.165, 1.54) is 19.3 Å². The quantitative estimate of drug-likeness (QED) is 0.876. The summed E-state index contributed by atoms with van der Waals surface area (Å²) in [6.45, 7) is 0. The predicted octanol–water partition coefficient (Wildman–Crippen LogP) is 2.21. The first-order valence-electron chi connectivity index (χ1n) is 6.53. The van der Waals surface area contributed by atoms with Crippen molar-refractivity contribution in [2.24, 2.45) is 5.73 Å². The standard InChI is InChI=1S/C14H18N2O3/c15-14(18)19-12-8-6-10(7-9-12)13(17)16-11-4-2-1-3-5-11/h6-9,11H,1-5H2,(H2,15,18)(H,16,17). The molecular weight excluding hydrogens is 244 g/mol. The summed E-state index contributed by atoms with van der Waals surface area (Å²) in [5.74, 6) is 0.249. The summed E-state index contributed by atoms with van der Waals surface area (Å²) in [6.07, 6.45) is 4.85. The first kappa shape index (κ1) is 13.4. The van der Waals surface area contributed by atoms with Crippen LogP contribution in [0.3, 0.4) is 0 Å². The van der Waals surface area contributed by atoms with Gasteiger partial charge in [0, 0.05) is 11.6 Å². The molecule has 1 aromatic carbocycles. The Kier molecular flexibility index (Phi) is 4.39. The van der Waals surface area contributed by atoms with E-state index in [0.29, 0.717) is 11.3 Å².